The van der Waals surface area contributed by atoms with Gasteiger partial charge in [-0.05, 0) is 42.5 Å². The molecule has 0 amide bonds. The Kier molecular flexibility index (Phi) is 9.61. The molecule has 3 rings (SSSR count). The second-order valence-electron chi connectivity index (χ2n) is 9.22. The SMILES string of the molecule is CCOC(OCC)c1ccc(-c2c(NS(=O)(=O)c3ccc(C(C)(C)C)cc3)ncnc2OCCO)cc1. The molecule has 2 aromatic carbocycles. The third-order valence-corrected chi connectivity index (χ3v) is 6.87. The molecule has 37 heavy (non-hydrogen) atoms. The Morgan fingerprint density at radius 1 is 0.946 bits per heavy atom. The zero-order chi connectivity index (χ0) is 27.1. The number of anilines is 1. The first kappa shape index (κ1) is 28.5. The third-order valence-electron chi connectivity index (χ3n) is 5.51. The lowest BCUT2D eigenvalue weighted by Gasteiger charge is -2.20. The maximum Gasteiger partial charge on any atom is 0.263 e. The van der Waals surface area contributed by atoms with Crippen LogP contribution in [-0.2, 0) is 24.9 Å². The largest absolute Gasteiger partial charge is 0.475 e. The van der Waals surface area contributed by atoms with E-state index in [1.807, 2.05) is 26.0 Å². The Morgan fingerprint density at radius 2 is 1.57 bits per heavy atom. The summed E-state index contributed by atoms with van der Waals surface area (Å²) < 4.78 is 46.1. The summed E-state index contributed by atoms with van der Waals surface area (Å²) in [6.07, 6.45) is 0.695. The van der Waals surface area contributed by atoms with Gasteiger partial charge in [-0.2, -0.15) is 0 Å². The van der Waals surface area contributed by atoms with Gasteiger partial charge in [-0.1, -0.05) is 57.2 Å². The topological polar surface area (TPSA) is 120 Å². The van der Waals surface area contributed by atoms with Gasteiger partial charge in [-0.25, -0.2) is 18.4 Å². The van der Waals surface area contributed by atoms with Gasteiger partial charge in [-0.3, -0.25) is 4.72 Å². The lowest BCUT2D eigenvalue weighted by molar-refractivity contribution is -0.140. The number of aliphatic hydroxyl groups is 1. The Bertz CT molecular complexity index is 1250. The molecule has 10 heteroatoms. The van der Waals surface area contributed by atoms with Crippen LogP contribution in [0.2, 0.25) is 0 Å². The summed E-state index contributed by atoms with van der Waals surface area (Å²) in [4.78, 5) is 8.50. The van der Waals surface area contributed by atoms with Crippen molar-refractivity contribution in [2.24, 2.45) is 0 Å². The molecule has 0 saturated carbocycles. The van der Waals surface area contributed by atoms with E-state index >= 15 is 0 Å². The monoisotopic (exact) mass is 529 g/mol. The van der Waals surface area contributed by atoms with Gasteiger partial charge < -0.3 is 19.3 Å². The molecule has 0 saturated heterocycles. The maximum atomic E-state index is 13.3. The second kappa shape index (κ2) is 12.5. The minimum Gasteiger partial charge on any atom is -0.475 e. The number of ether oxygens (including phenoxy) is 3. The van der Waals surface area contributed by atoms with Crippen molar-refractivity contribution in [3.05, 3.63) is 66.0 Å². The highest BCUT2D eigenvalue weighted by Crippen LogP contribution is 2.36. The van der Waals surface area contributed by atoms with E-state index in [1.54, 1.807) is 36.4 Å². The Hall–Kier alpha value is -3.05. The van der Waals surface area contributed by atoms with Crippen LogP contribution < -0.4 is 9.46 Å². The molecule has 0 fully saturated rings. The standard InChI is InChI=1S/C27H35N3O6S/c1-6-34-26(35-7-2)20-10-8-19(9-11-20)23-24(28-18-29-25(23)36-17-16-31)30-37(32,33)22-14-12-21(13-15-22)27(3,4)5/h8-15,18,26,31H,6-7,16-17H2,1-5H3,(H,28,29,30). The van der Waals surface area contributed by atoms with E-state index in [9.17, 15) is 13.5 Å². The fraction of sp³-hybridized carbons (Fsp3) is 0.407. The molecule has 0 atom stereocenters. The molecule has 0 spiro atoms. The number of aliphatic hydroxyl groups excluding tert-OH is 1. The highest BCUT2D eigenvalue weighted by Gasteiger charge is 2.23. The summed E-state index contributed by atoms with van der Waals surface area (Å²) in [5.41, 5.74) is 2.69. The van der Waals surface area contributed by atoms with Crippen LogP contribution in [0.3, 0.4) is 0 Å². The number of benzene rings is 2. The van der Waals surface area contributed by atoms with Crippen molar-refractivity contribution >= 4 is 15.8 Å². The third kappa shape index (κ3) is 7.26. The highest BCUT2D eigenvalue weighted by molar-refractivity contribution is 7.92. The fourth-order valence-electron chi connectivity index (χ4n) is 3.63. The van der Waals surface area contributed by atoms with Gasteiger partial charge in [0.05, 0.1) is 17.1 Å². The number of hydrogen-bond donors (Lipinski definition) is 2. The summed E-state index contributed by atoms with van der Waals surface area (Å²) >= 11 is 0. The zero-order valence-corrected chi connectivity index (χ0v) is 22.7. The predicted molar refractivity (Wildman–Crippen MR) is 142 cm³/mol. The van der Waals surface area contributed by atoms with Gasteiger partial charge >= 0.3 is 0 Å². The van der Waals surface area contributed by atoms with Gasteiger partial charge in [0.2, 0.25) is 5.88 Å². The molecule has 0 unspecified atom stereocenters. The predicted octanol–water partition coefficient (Wildman–Crippen LogP) is 4.68. The van der Waals surface area contributed by atoms with Gasteiger partial charge in [0.15, 0.2) is 12.1 Å². The number of sulfonamides is 1. The molecule has 0 bridgehead atoms. The van der Waals surface area contributed by atoms with Crippen LogP contribution in [0.4, 0.5) is 5.82 Å². The molecule has 0 aliphatic carbocycles. The van der Waals surface area contributed by atoms with E-state index in [2.05, 4.69) is 35.5 Å². The number of nitrogens with zero attached hydrogens (tertiary/aromatic N) is 2. The Balaban J connectivity index is 2.01. The molecular formula is C27H35N3O6S. The Morgan fingerprint density at radius 3 is 2.11 bits per heavy atom. The van der Waals surface area contributed by atoms with Crippen molar-refractivity contribution in [2.75, 3.05) is 31.1 Å². The van der Waals surface area contributed by atoms with Gasteiger partial charge in [0.1, 0.15) is 12.9 Å². The number of rotatable bonds is 12. The van der Waals surface area contributed by atoms with Gasteiger partial charge in [0.25, 0.3) is 10.0 Å². The van der Waals surface area contributed by atoms with Crippen LogP contribution in [0.15, 0.2) is 59.8 Å². The van der Waals surface area contributed by atoms with E-state index in [1.165, 1.54) is 6.33 Å². The minimum absolute atomic E-state index is 0.0146. The second-order valence-corrected chi connectivity index (χ2v) is 10.9. The van der Waals surface area contributed by atoms with Crippen molar-refractivity contribution < 1.29 is 27.7 Å². The average Bonchev–Trinajstić information content (AvgIpc) is 2.87. The molecule has 0 radical (unpaired) electrons. The van der Waals surface area contributed by atoms with Crippen molar-refractivity contribution in [2.45, 2.75) is 51.2 Å². The van der Waals surface area contributed by atoms with Crippen LogP contribution in [0.1, 0.15) is 52.0 Å². The highest BCUT2D eigenvalue weighted by atomic mass is 32.2. The lowest BCUT2D eigenvalue weighted by atomic mass is 9.87. The molecule has 1 aromatic heterocycles. The summed E-state index contributed by atoms with van der Waals surface area (Å²) in [6, 6.07) is 14.0. The first-order valence-corrected chi connectivity index (χ1v) is 13.6. The van der Waals surface area contributed by atoms with E-state index in [0.29, 0.717) is 24.3 Å². The molecule has 9 nitrogen and oxygen atoms in total. The summed E-state index contributed by atoms with van der Waals surface area (Å²) in [6.45, 7) is 10.7. The van der Waals surface area contributed by atoms with E-state index in [-0.39, 0.29) is 35.2 Å². The fourth-order valence-corrected chi connectivity index (χ4v) is 4.65. The maximum absolute atomic E-state index is 13.3. The number of aromatic nitrogens is 2. The first-order chi connectivity index (χ1) is 17.6. The smallest absolute Gasteiger partial charge is 0.263 e. The molecule has 0 aliphatic rings. The van der Waals surface area contributed by atoms with Gasteiger partial charge in [-0.15, -0.1) is 0 Å². The first-order valence-electron chi connectivity index (χ1n) is 12.2. The Labute approximate surface area is 218 Å². The van der Waals surface area contributed by atoms with E-state index < -0.39 is 16.3 Å². The van der Waals surface area contributed by atoms with Crippen LogP contribution in [0, 0.1) is 0 Å². The summed E-state index contributed by atoms with van der Waals surface area (Å²) in [5, 5.41) is 9.26. The number of hydrogen-bond acceptors (Lipinski definition) is 8. The quantitative estimate of drug-likeness (QED) is 0.325. The van der Waals surface area contributed by atoms with Crippen LogP contribution >= 0.6 is 0 Å². The summed E-state index contributed by atoms with van der Waals surface area (Å²) in [5.74, 6) is 0.200. The molecule has 1 heterocycles. The molecule has 200 valence electrons. The average molecular weight is 530 g/mol. The van der Waals surface area contributed by atoms with E-state index in [4.69, 9.17) is 14.2 Å². The normalized spacial score (nSPS) is 12.1. The molecule has 2 N–H and O–H groups in total. The van der Waals surface area contributed by atoms with Crippen molar-refractivity contribution in [1.29, 1.82) is 0 Å². The summed E-state index contributed by atoms with van der Waals surface area (Å²) in [7, 11) is -3.96. The lowest BCUT2D eigenvalue weighted by Crippen LogP contribution is -2.17. The minimum atomic E-state index is -3.96. The molecular weight excluding hydrogens is 494 g/mol. The van der Waals surface area contributed by atoms with Gasteiger partial charge in [0, 0.05) is 18.8 Å². The van der Waals surface area contributed by atoms with E-state index in [0.717, 1.165) is 11.1 Å². The van der Waals surface area contributed by atoms with Crippen molar-refractivity contribution in [1.82, 2.24) is 9.97 Å². The van der Waals surface area contributed by atoms with Crippen LogP contribution in [0.25, 0.3) is 11.1 Å². The number of nitrogens with one attached hydrogen (secondary N) is 1. The molecule has 3 aromatic rings. The zero-order valence-electron chi connectivity index (χ0n) is 21.9. The van der Waals surface area contributed by atoms with Crippen LogP contribution in [0.5, 0.6) is 5.88 Å². The van der Waals surface area contributed by atoms with Crippen molar-refractivity contribution in [3.8, 4) is 17.0 Å². The molecule has 0 aliphatic heterocycles. The van der Waals surface area contributed by atoms with Crippen molar-refractivity contribution in [3.63, 3.8) is 0 Å². The van der Waals surface area contributed by atoms with Crippen LogP contribution in [-0.4, -0.2) is 49.9 Å².